The van der Waals surface area contributed by atoms with Gasteiger partial charge in [0, 0.05) is 30.3 Å². The number of hydrogen-bond donors (Lipinski definition) is 0. The van der Waals surface area contributed by atoms with Gasteiger partial charge in [-0.15, -0.1) is 0 Å². The Hall–Kier alpha value is -2.16. The molecule has 0 radical (unpaired) electrons. The summed E-state index contributed by atoms with van der Waals surface area (Å²) in [6.45, 7) is 6.14. The third-order valence-electron chi connectivity index (χ3n) is 7.47. The van der Waals surface area contributed by atoms with Gasteiger partial charge in [-0.25, -0.2) is 0 Å². The molecule has 1 heterocycles. The summed E-state index contributed by atoms with van der Waals surface area (Å²) < 4.78 is 1.69. The lowest BCUT2D eigenvalue weighted by atomic mass is 10.0. The second-order valence-electron chi connectivity index (χ2n) is 10.6. The zero-order valence-corrected chi connectivity index (χ0v) is 23.5. The molecule has 0 spiro atoms. The summed E-state index contributed by atoms with van der Waals surface area (Å²) >= 11 is 0. The van der Waals surface area contributed by atoms with Gasteiger partial charge in [0.1, 0.15) is 0 Å². The van der Waals surface area contributed by atoms with Crippen LogP contribution in [0.2, 0.25) is 0 Å². The van der Waals surface area contributed by atoms with Crippen LogP contribution in [-0.2, 0) is 6.42 Å². The van der Waals surface area contributed by atoms with Crippen molar-refractivity contribution in [2.45, 2.75) is 136 Å². The number of aromatic nitrogens is 1. The van der Waals surface area contributed by atoms with Crippen LogP contribution >= 0.6 is 0 Å². The molecule has 0 aliphatic heterocycles. The first-order chi connectivity index (χ1) is 17.5. The van der Waals surface area contributed by atoms with E-state index in [1.54, 1.807) is 4.57 Å². The molecule has 0 aliphatic rings. The van der Waals surface area contributed by atoms with E-state index < -0.39 is 0 Å². The Bertz CT molecular complexity index is 881. The molecular weight excluding hydrogens is 442 g/mol. The smallest absolute Gasteiger partial charge is 0.231 e. The summed E-state index contributed by atoms with van der Waals surface area (Å²) in [7, 11) is 0. The highest BCUT2D eigenvalue weighted by Crippen LogP contribution is 2.21. The molecule has 0 N–H and O–H groups in total. The highest BCUT2D eigenvalue weighted by molar-refractivity contribution is 5.99. The number of hydrogen-bond acceptors (Lipinski definition) is 2. The SMILES string of the molecule is CCCCCCCCCCCCCCCCCC(=O)c1c(C)cn(C(=O)CCc2ccccc2)c1C. The first-order valence-corrected chi connectivity index (χ1v) is 14.8. The maximum Gasteiger partial charge on any atom is 0.231 e. The van der Waals surface area contributed by atoms with Crippen molar-refractivity contribution in [2.24, 2.45) is 0 Å². The van der Waals surface area contributed by atoms with E-state index >= 15 is 0 Å². The van der Waals surface area contributed by atoms with E-state index in [0.717, 1.165) is 41.6 Å². The molecule has 1 aromatic carbocycles. The summed E-state index contributed by atoms with van der Waals surface area (Å²) in [5.41, 5.74) is 3.65. The van der Waals surface area contributed by atoms with Gasteiger partial charge >= 0.3 is 0 Å². The van der Waals surface area contributed by atoms with E-state index in [-0.39, 0.29) is 11.7 Å². The maximum absolute atomic E-state index is 12.9. The van der Waals surface area contributed by atoms with Crippen molar-refractivity contribution in [3.8, 4) is 0 Å². The van der Waals surface area contributed by atoms with Crippen LogP contribution in [0.15, 0.2) is 36.5 Å². The molecule has 1 aromatic heterocycles. The molecule has 0 saturated heterocycles. The van der Waals surface area contributed by atoms with Gasteiger partial charge in [-0.3, -0.25) is 14.2 Å². The normalized spacial score (nSPS) is 11.2. The van der Waals surface area contributed by atoms with Crippen molar-refractivity contribution < 1.29 is 9.59 Å². The Morgan fingerprint density at radius 1 is 0.667 bits per heavy atom. The van der Waals surface area contributed by atoms with Crippen molar-refractivity contribution >= 4 is 11.7 Å². The zero-order chi connectivity index (χ0) is 26.0. The van der Waals surface area contributed by atoms with Gasteiger partial charge in [0.2, 0.25) is 5.91 Å². The number of unbranched alkanes of at least 4 members (excludes halogenated alkanes) is 14. The lowest BCUT2D eigenvalue weighted by molar-refractivity contribution is 0.0901. The summed E-state index contributed by atoms with van der Waals surface area (Å²) in [6, 6.07) is 10.1. The third-order valence-corrected chi connectivity index (χ3v) is 7.47. The fraction of sp³-hybridized carbons (Fsp3) is 0.636. The Morgan fingerprint density at radius 3 is 1.69 bits per heavy atom. The number of nitrogens with zero attached hydrogens (tertiary/aromatic N) is 1. The second-order valence-corrected chi connectivity index (χ2v) is 10.6. The van der Waals surface area contributed by atoms with E-state index in [0.29, 0.717) is 12.8 Å². The van der Waals surface area contributed by atoms with Crippen molar-refractivity contribution in [3.63, 3.8) is 0 Å². The Labute approximate surface area is 221 Å². The fourth-order valence-corrected chi connectivity index (χ4v) is 5.24. The predicted molar refractivity (Wildman–Crippen MR) is 153 cm³/mol. The predicted octanol–water partition coefficient (Wildman–Crippen LogP) is 9.82. The molecule has 200 valence electrons. The average molecular weight is 494 g/mol. The first-order valence-electron chi connectivity index (χ1n) is 14.8. The molecule has 3 nitrogen and oxygen atoms in total. The molecule has 36 heavy (non-hydrogen) atoms. The number of rotatable bonds is 20. The van der Waals surface area contributed by atoms with Crippen LogP contribution in [0.25, 0.3) is 0 Å². The van der Waals surface area contributed by atoms with Crippen LogP contribution < -0.4 is 0 Å². The lowest BCUT2D eigenvalue weighted by Crippen LogP contribution is -2.13. The van der Waals surface area contributed by atoms with E-state index in [9.17, 15) is 9.59 Å². The summed E-state index contributed by atoms with van der Waals surface area (Å²) in [6.07, 6.45) is 23.5. The fourth-order valence-electron chi connectivity index (χ4n) is 5.24. The molecule has 0 saturated carbocycles. The van der Waals surface area contributed by atoms with Crippen LogP contribution in [0.1, 0.15) is 148 Å². The molecule has 0 amide bonds. The number of benzene rings is 1. The average Bonchev–Trinajstić information content (AvgIpc) is 3.19. The minimum Gasteiger partial charge on any atom is -0.294 e. The van der Waals surface area contributed by atoms with Gasteiger partial charge in [0.25, 0.3) is 0 Å². The second kappa shape index (κ2) is 18.1. The van der Waals surface area contributed by atoms with Crippen molar-refractivity contribution in [2.75, 3.05) is 0 Å². The largest absolute Gasteiger partial charge is 0.294 e. The number of ketones is 1. The van der Waals surface area contributed by atoms with Crippen molar-refractivity contribution in [1.29, 1.82) is 0 Å². The highest BCUT2D eigenvalue weighted by atomic mass is 16.2. The number of carbonyl (C=O) groups excluding carboxylic acids is 2. The highest BCUT2D eigenvalue weighted by Gasteiger charge is 2.19. The molecule has 0 unspecified atom stereocenters. The van der Waals surface area contributed by atoms with E-state index in [2.05, 4.69) is 6.92 Å². The minimum atomic E-state index is 0.0606. The van der Waals surface area contributed by atoms with E-state index in [1.165, 1.54) is 83.5 Å². The van der Waals surface area contributed by atoms with Gasteiger partial charge in [0.15, 0.2) is 5.78 Å². The number of carbonyl (C=O) groups is 2. The molecule has 0 atom stereocenters. The third kappa shape index (κ3) is 11.3. The molecule has 2 aromatic rings. The van der Waals surface area contributed by atoms with Gasteiger partial charge in [-0.05, 0) is 37.8 Å². The molecule has 3 heteroatoms. The van der Waals surface area contributed by atoms with Crippen molar-refractivity contribution in [3.05, 3.63) is 58.9 Å². The van der Waals surface area contributed by atoms with Crippen LogP contribution in [0.3, 0.4) is 0 Å². The molecule has 0 bridgehead atoms. The zero-order valence-electron chi connectivity index (χ0n) is 23.5. The van der Waals surface area contributed by atoms with E-state index in [1.807, 2.05) is 50.4 Å². The summed E-state index contributed by atoms with van der Waals surface area (Å²) in [5, 5.41) is 0. The van der Waals surface area contributed by atoms with Crippen LogP contribution in [0.4, 0.5) is 0 Å². The monoisotopic (exact) mass is 493 g/mol. The first kappa shape index (κ1) is 30.1. The molecular formula is C33H51NO2. The van der Waals surface area contributed by atoms with Gasteiger partial charge in [-0.1, -0.05) is 127 Å². The van der Waals surface area contributed by atoms with E-state index in [4.69, 9.17) is 0 Å². The topological polar surface area (TPSA) is 39.1 Å². The Kier molecular flexibility index (Phi) is 15.2. The maximum atomic E-state index is 12.9. The van der Waals surface area contributed by atoms with Gasteiger partial charge in [0.05, 0.1) is 0 Å². The summed E-state index contributed by atoms with van der Waals surface area (Å²) in [4.78, 5) is 25.7. The molecule has 0 aliphatic carbocycles. The quantitative estimate of drug-likeness (QED) is 0.136. The van der Waals surface area contributed by atoms with Crippen LogP contribution in [0.5, 0.6) is 0 Å². The van der Waals surface area contributed by atoms with Crippen molar-refractivity contribution in [1.82, 2.24) is 4.57 Å². The van der Waals surface area contributed by atoms with Crippen LogP contribution in [0, 0.1) is 13.8 Å². The standard InChI is InChI=1S/C33H51NO2/c1-4-5-6-7-8-9-10-11-12-13-14-15-16-17-21-24-31(35)33-28(2)27-34(29(33)3)32(36)26-25-30-22-19-18-20-23-30/h18-20,22-23,27H,4-17,21,24-26H2,1-3H3. The molecule has 0 fully saturated rings. The van der Waals surface area contributed by atoms with Gasteiger partial charge < -0.3 is 0 Å². The molecule has 2 rings (SSSR count). The lowest BCUT2D eigenvalue weighted by Gasteiger charge is -2.07. The number of Topliss-reactive ketones (excluding diaryl/α,β-unsaturated/α-hetero) is 1. The minimum absolute atomic E-state index is 0.0606. The summed E-state index contributed by atoms with van der Waals surface area (Å²) in [5.74, 6) is 0.250. The Balaban J connectivity index is 1.56. The van der Waals surface area contributed by atoms with Crippen LogP contribution in [-0.4, -0.2) is 16.3 Å². The van der Waals surface area contributed by atoms with Gasteiger partial charge in [-0.2, -0.15) is 0 Å². The number of aryl methyl sites for hydroxylation is 2. The Morgan fingerprint density at radius 2 is 1.17 bits per heavy atom.